The lowest BCUT2D eigenvalue weighted by atomic mass is 9.73. The van der Waals surface area contributed by atoms with Crippen LogP contribution in [0.3, 0.4) is 0 Å². The summed E-state index contributed by atoms with van der Waals surface area (Å²) in [5.74, 6) is 0.729. The van der Waals surface area contributed by atoms with E-state index in [-0.39, 0.29) is 17.9 Å². The highest BCUT2D eigenvalue weighted by molar-refractivity contribution is 5.96. The Balaban J connectivity index is 1.48. The summed E-state index contributed by atoms with van der Waals surface area (Å²) in [5, 5.41) is 10.4. The van der Waals surface area contributed by atoms with Gasteiger partial charge in [-0.1, -0.05) is 18.2 Å². The fraction of sp³-hybridized carbons (Fsp3) is 0.364. The highest BCUT2D eigenvalue weighted by Gasteiger charge is 2.39. The third kappa shape index (κ3) is 2.36. The number of rotatable bonds is 1. The molecule has 1 amide bonds. The van der Waals surface area contributed by atoms with Crippen molar-refractivity contribution < 1.29 is 9.90 Å². The first-order valence-electron chi connectivity index (χ1n) is 9.49. The van der Waals surface area contributed by atoms with Crippen LogP contribution < -0.4 is 0 Å². The van der Waals surface area contributed by atoms with Crippen LogP contribution in [-0.2, 0) is 12.8 Å². The number of nitrogens with zero attached hydrogens (tertiary/aromatic N) is 2. The van der Waals surface area contributed by atoms with Crippen LogP contribution in [0.5, 0.6) is 5.75 Å². The minimum Gasteiger partial charge on any atom is -0.508 e. The standard InChI is InChI=1S/C22H22N2O2/c25-20-5-1-3-15-8-9-19-17(21(15)20)4-2-12-24(19)22(26)16-7-6-14-10-11-23-18(14)13-16/h1,3,5-7,11,13,17,19,25H,2,4,8-10,12H2/t17?,19-/m0/s1. The number of aromatic hydroxyl groups is 1. The number of phenols is 1. The minimum atomic E-state index is 0.100. The van der Waals surface area contributed by atoms with Gasteiger partial charge in [-0.2, -0.15) is 0 Å². The predicted molar refractivity (Wildman–Crippen MR) is 102 cm³/mol. The lowest BCUT2D eigenvalue weighted by Crippen LogP contribution is -2.49. The normalized spacial score (nSPS) is 23.3. The van der Waals surface area contributed by atoms with Crippen LogP contribution in [0.1, 0.15) is 52.2 Å². The van der Waals surface area contributed by atoms with Crippen LogP contribution in [0.2, 0.25) is 0 Å². The summed E-state index contributed by atoms with van der Waals surface area (Å²) >= 11 is 0. The molecule has 0 aromatic heterocycles. The number of piperidine rings is 1. The van der Waals surface area contributed by atoms with E-state index < -0.39 is 0 Å². The molecule has 1 aliphatic carbocycles. The quantitative estimate of drug-likeness (QED) is 0.849. The van der Waals surface area contributed by atoms with E-state index in [9.17, 15) is 9.90 Å². The maximum absolute atomic E-state index is 13.3. The number of aryl methyl sites for hydroxylation is 1. The van der Waals surface area contributed by atoms with E-state index in [0.717, 1.165) is 55.5 Å². The van der Waals surface area contributed by atoms with Crippen molar-refractivity contribution in [2.75, 3.05) is 6.54 Å². The van der Waals surface area contributed by atoms with Crippen LogP contribution in [0.4, 0.5) is 5.69 Å². The van der Waals surface area contributed by atoms with Crippen LogP contribution in [-0.4, -0.2) is 34.7 Å². The number of carbonyl (C=O) groups is 1. The molecule has 2 aliphatic heterocycles. The number of likely N-dealkylation sites (tertiary alicyclic amines) is 1. The number of aliphatic imine (C=N–C) groups is 1. The zero-order chi connectivity index (χ0) is 17.7. The Hall–Kier alpha value is -2.62. The lowest BCUT2D eigenvalue weighted by molar-refractivity contribution is 0.0544. The molecule has 0 bridgehead atoms. The van der Waals surface area contributed by atoms with E-state index in [1.54, 1.807) is 6.07 Å². The molecule has 1 fully saturated rings. The molecule has 1 saturated heterocycles. The largest absolute Gasteiger partial charge is 0.508 e. The number of benzene rings is 2. The molecule has 3 aliphatic rings. The van der Waals surface area contributed by atoms with Crippen molar-refractivity contribution in [3.8, 4) is 5.75 Å². The Morgan fingerprint density at radius 1 is 1.15 bits per heavy atom. The van der Waals surface area contributed by atoms with Crippen molar-refractivity contribution in [1.29, 1.82) is 0 Å². The Bertz CT molecular complexity index is 918. The molecule has 0 saturated carbocycles. The van der Waals surface area contributed by atoms with E-state index in [1.807, 2.05) is 35.4 Å². The second kappa shape index (κ2) is 5.97. The summed E-state index contributed by atoms with van der Waals surface area (Å²) in [5.41, 5.74) is 5.16. The maximum Gasteiger partial charge on any atom is 0.254 e. The number of hydrogen-bond acceptors (Lipinski definition) is 3. The first-order valence-corrected chi connectivity index (χ1v) is 9.49. The zero-order valence-corrected chi connectivity index (χ0v) is 14.7. The van der Waals surface area contributed by atoms with Gasteiger partial charge in [-0.25, -0.2) is 0 Å². The smallest absolute Gasteiger partial charge is 0.254 e. The number of carbonyl (C=O) groups excluding carboxylic acids is 1. The van der Waals surface area contributed by atoms with Gasteiger partial charge in [-0.3, -0.25) is 9.79 Å². The molecule has 2 aromatic carbocycles. The molecule has 2 heterocycles. The molecule has 5 rings (SSSR count). The third-order valence-electron chi connectivity index (χ3n) is 6.17. The van der Waals surface area contributed by atoms with Crippen molar-refractivity contribution in [1.82, 2.24) is 4.90 Å². The lowest BCUT2D eigenvalue weighted by Gasteiger charge is -2.45. The highest BCUT2D eigenvalue weighted by Crippen LogP contribution is 2.44. The van der Waals surface area contributed by atoms with Gasteiger partial charge >= 0.3 is 0 Å². The number of hydrogen-bond donors (Lipinski definition) is 1. The van der Waals surface area contributed by atoms with Gasteiger partial charge in [0, 0.05) is 42.3 Å². The summed E-state index contributed by atoms with van der Waals surface area (Å²) in [6.45, 7) is 0.795. The van der Waals surface area contributed by atoms with Crippen LogP contribution >= 0.6 is 0 Å². The predicted octanol–water partition coefficient (Wildman–Crippen LogP) is 3.99. The van der Waals surface area contributed by atoms with Crippen molar-refractivity contribution in [2.24, 2.45) is 4.99 Å². The van der Waals surface area contributed by atoms with Crippen LogP contribution in [0.25, 0.3) is 0 Å². The molecule has 1 unspecified atom stereocenters. The fourth-order valence-electron chi connectivity index (χ4n) is 4.95. The second-order valence-corrected chi connectivity index (χ2v) is 7.56. The van der Waals surface area contributed by atoms with Gasteiger partial charge in [0.05, 0.1) is 5.69 Å². The van der Waals surface area contributed by atoms with Gasteiger partial charge in [0.2, 0.25) is 0 Å². The highest BCUT2D eigenvalue weighted by atomic mass is 16.3. The van der Waals surface area contributed by atoms with E-state index in [1.165, 1.54) is 11.1 Å². The molecule has 4 nitrogen and oxygen atoms in total. The molecule has 0 spiro atoms. The molecule has 26 heavy (non-hydrogen) atoms. The monoisotopic (exact) mass is 346 g/mol. The van der Waals surface area contributed by atoms with Crippen molar-refractivity contribution >= 4 is 17.8 Å². The van der Waals surface area contributed by atoms with Crippen molar-refractivity contribution in [3.05, 3.63) is 58.7 Å². The molecule has 4 heteroatoms. The van der Waals surface area contributed by atoms with Crippen molar-refractivity contribution in [2.45, 2.75) is 44.1 Å². The Kier molecular flexibility index (Phi) is 3.59. The van der Waals surface area contributed by atoms with E-state index in [4.69, 9.17) is 0 Å². The molecular weight excluding hydrogens is 324 g/mol. The number of phenolic OH excluding ortho intramolecular Hbond substituents is 1. The van der Waals surface area contributed by atoms with Gasteiger partial charge in [-0.05, 0) is 55.0 Å². The van der Waals surface area contributed by atoms with Gasteiger partial charge in [0.1, 0.15) is 5.75 Å². The summed E-state index contributed by atoms with van der Waals surface area (Å²) in [6.07, 6.45) is 6.65. The fourth-order valence-corrected chi connectivity index (χ4v) is 4.95. The molecule has 2 aromatic rings. The topological polar surface area (TPSA) is 52.9 Å². The summed E-state index contributed by atoms with van der Waals surface area (Å²) in [7, 11) is 0. The third-order valence-corrected chi connectivity index (χ3v) is 6.17. The van der Waals surface area contributed by atoms with Crippen LogP contribution in [0.15, 0.2) is 41.4 Å². The molecule has 0 radical (unpaired) electrons. The Morgan fingerprint density at radius 3 is 3.00 bits per heavy atom. The van der Waals surface area contributed by atoms with Gasteiger partial charge in [-0.15, -0.1) is 0 Å². The number of fused-ring (bicyclic) bond motifs is 4. The Morgan fingerprint density at radius 2 is 2.08 bits per heavy atom. The number of amides is 1. The average Bonchev–Trinajstić information content (AvgIpc) is 3.14. The molecule has 2 atom stereocenters. The molecule has 132 valence electrons. The van der Waals surface area contributed by atoms with Gasteiger partial charge < -0.3 is 10.0 Å². The van der Waals surface area contributed by atoms with Crippen molar-refractivity contribution in [3.63, 3.8) is 0 Å². The first kappa shape index (κ1) is 15.6. The van der Waals surface area contributed by atoms with Crippen LogP contribution in [0, 0.1) is 0 Å². The summed E-state index contributed by atoms with van der Waals surface area (Å²) in [6, 6.07) is 11.9. The SMILES string of the molecule is O=C(c1ccc2c(c1)N=CC2)N1CCCC2c3c(O)cccc3CC[C@@H]21. The van der Waals surface area contributed by atoms with E-state index in [2.05, 4.69) is 11.1 Å². The molecule has 1 N–H and O–H groups in total. The van der Waals surface area contributed by atoms with E-state index in [0.29, 0.717) is 5.75 Å². The molecular formula is C22H22N2O2. The minimum absolute atomic E-state index is 0.100. The maximum atomic E-state index is 13.3. The first-order chi connectivity index (χ1) is 12.7. The van der Waals surface area contributed by atoms with Gasteiger partial charge in [0.15, 0.2) is 0 Å². The van der Waals surface area contributed by atoms with Gasteiger partial charge in [0.25, 0.3) is 5.91 Å². The summed E-state index contributed by atoms with van der Waals surface area (Å²) < 4.78 is 0. The average molecular weight is 346 g/mol. The zero-order valence-electron chi connectivity index (χ0n) is 14.7. The Labute approximate surface area is 153 Å². The second-order valence-electron chi connectivity index (χ2n) is 7.56. The summed E-state index contributed by atoms with van der Waals surface area (Å²) in [4.78, 5) is 19.7. The van der Waals surface area contributed by atoms with E-state index >= 15 is 0 Å².